The summed E-state index contributed by atoms with van der Waals surface area (Å²) in [5.41, 5.74) is 5.83. The molecule has 106 valence electrons. The van der Waals surface area contributed by atoms with E-state index in [9.17, 15) is 4.79 Å². The summed E-state index contributed by atoms with van der Waals surface area (Å²) in [4.78, 5) is 16.8. The molecule has 0 aromatic heterocycles. The molecule has 21 heavy (non-hydrogen) atoms. The van der Waals surface area contributed by atoms with Gasteiger partial charge in [-0.25, -0.2) is 4.99 Å². The van der Waals surface area contributed by atoms with Gasteiger partial charge >= 0.3 is 0 Å². The van der Waals surface area contributed by atoms with E-state index in [0.29, 0.717) is 16.3 Å². The Hall–Kier alpha value is -2.13. The molecule has 4 heteroatoms. The van der Waals surface area contributed by atoms with Gasteiger partial charge in [0.1, 0.15) is 5.71 Å². The number of nitrogens with one attached hydrogen (secondary N) is 1. The van der Waals surface area contributed by atoms with Gasteiger partial charge in [0.2, 0.25) is 0 Å². The number of aryl methyl sites for hydroxylation is 2. The summed E-state index contributed by atoms with van der Waals surface area (Å²) in [6, 6.07) is 9.56. The summed E-state index contributed by atoms with van der Waals surface area (Å²) in [6.07, 6.45) is 0. The lowest BCUT2D eigenvalue weighted by molar-refractivity contribution is -0.110. The minimum atomic E-state index is -0.206. The molecule has 0 fully saturated rings. The zero-order valence-corrected chi connectivity index (χ0v) is 12.9. The van der Waals surface area contributed by atoms with Crippen LogP contribution in [0.1, 0.15) is 22.3 Å². The fourth-order valence-electron chi connectivity index (χ4n) is 2.44. The number of fused-ring (bicyclic) bond motifs is 1. The topological polar surface area (TPSA) is 41.5 Å². The molecular formula is C17H15ClN2O. The summed E-state index contributed by atoms with van der Waals surface area (Å²) < 4.78 is 0. The van der Waals surface area contributed by atoms with Crippen LogP contribution < -0.4 is 5.32 Å². The van der Waals surface area contributed by atoms with Gasteiger partial charge in [-0.15, -0.1) is 0 Å². The average Bonchev–Trinajstić information content (AvgIpc) is 2.78. The fraction of sp³-hybridized carbons (Fsp3) is 0.176. The van der Waals surface area contributed by atoms with Crippen LogP contribution in [0, 0.1) is 20.8 Å². The maximum absolute atomic E-state index is 12.2. The lowest BCUT2D eigenvalue weighted by Gasteiger charge is -2.06. The van der Waals surface area contributed by atoms with Crippen LogP contribution in [0.15, 0.2) is 35.3 Å². The van der Waals surface area contributed by atoms with Crippen molar-refractivity contribution in [2.24, 2.45) is 4.99 Å². The van der Waals surface area contributed by atoms with Crippen molar-refractivity contribution in [3.05, 3.63) is 57.6 Å². The van der Waals surface area contributed by atoms with Gasteiger partial charge < -0.3 is 5.32 Å². The van der Waals surface area contributed by atoms with Crippen molar-refractivity contribution in [2.75, 3.05) is 5.32 Å². The summed E-state index contributed by atoms with van der Waals surface area (Å²) >= 11 is 6.27. The van der Waals surface area contributed by atoms with E-state index in [1.54, 1.807) is 6.07 Å². The summed E-state index contributed by atoms with van der Waals surface area (Å²) in [5, 5.41) is 3.40. The molecule has 2 aromatic rings. The van der Waals surface area contributed by atoms with E-state index in [-0.39, 0.29) is 5.91 Å². The van der Waals surface area contributed by atoms with E-state index in [1.165, 1.54) is 0 Å². The van der Waals surface area contributed by atoms with E-state index in [0.717, 1.165) is 28.1 Å². The maximum atomic E-state index is 12.2. The SMILES string of the molecule is Cc1cccc(N=C2C(=O)Nc3c(C)ccc(Cl)c32)c1C. The number of nitrogens with zero attached hydrogens (tertiary/aromatic N) is 1. The molecule has 1 heterocycles. The molecule has 1 amide bonds. The maximum Gasteiger partial charge on any atom is 0.275 e. The largest absolute Gasteiger partial charge is 0.320 e. The van der Waals surface area contributed by atoms with Gasteiger partial charge in [0.15, 0.2) is 0 Å². The van der Waals surface area contributed by atoms with Crippen LogP contribution in [0.25, 0.3) is 0 Å². The van der Waals surface area contributed by atoms with Crippen molar-refractivity contribution in [1.29, 1.82) is 0 Å². The highest BCUT2D eigenvalue weighted by molar-refractivity contribution is 6.57. The average molecular weight is 299 g/mol. The monoisotopic (exact) mass is 298 g/mol. The third kappa shape index (κ3) is 2.24. The molecule has 0 unspecified atom stereocenters. The number of carbonyl (C=O) groups is 1. The van der Waals surface area contributed by atoms with Gasteiger partial charge in [0.25, 0.3) is 5.91 Å². The second-order valence-corrected chi connectivity index (χ2v) is 5.66. The number of halogens is 1. The molecule has 0 bridgehead atoms. The van der Waals surface area contributed by atoms with Crippen LogP contribution in [-0.2, 0) is 4.79 Å². The van der Waals surface area contributed by atoms with Crippen LogP contribution in [-0.4, -0.2) is 11.6 Å². The Kier molecular flexibility index (Phi) is 3.30. The van der Waals surface area contributed by atoms with E-state index < -0.39 is 0 Å². The first-order valence-corrected chi connectivity index (χ1v) is 7.12. The second kappa shape index (κ2) is 5.01. The lowest BCUT2D eigenvalue weighted by Crippen LogP contribution is -2.14. The Labute approximate surface area is 128 Å². The van der Waals surface area contributed by atoms with Crippen molar-refractivity contribution < 1.29 is 4.79 Å². The first-order valence-electron chi connectivity index (χ1n) is 6.75. The number of amides is 1. The number of anilines is 1. The lowest BCUT2D eigenvalue weighted by atomic mass is 10.1. The second-order valence-electron chi connectivity index (χ2n) is 5.25. The van der Waals surface area contributed by atoms with Gasteiger partial charge in [-0.05, 0) is 49.6 Å². The first-order chi connectivity index (χ1) is 9.99. The minimum absolute atomic E-state index is 0.206. The smallest absolute Gasteiger partial charge is 0.275 e. The highest BCUT2D eigenvalue weighted by Crippen LogP contribution is 2.35. The van der Waals surface area contributed by atoms with Crippen molar-refractivity contribution in [1.82, 2.24) is 0 Å². The molecule has 3 rings (SSSR count). The molecule has 0 aliphatic carbocycles. The van der Waals surface area contributed by atoms with Gasteiger partial charge in [-0.2, -0.15) is 0 Å². The Morgan fingerprint density at radius 1 is 1.05 bits per heavy atom. The molecule has 0 saturated carbocycles. The number of aliphatic imine (C=N–C) groups is 1. The molecule has 1 aliphatic heterocycles. The molecule has 0 spiro atoms. The van der Waals surface area contributed by atoms with Gasteiger partial charge in [0, 0.05) is 5.56 Å². The van der Waals surface area contributed by atoms with Crippen LogP contribution in [0.4, 0.5) is 11.4 Å². The van der Waals surface area contributed by atoms with Gasteiger partial charge in [-0.1, -0.05) is 29.8 Å². The van der Waals surface area contributed by atoms with Crippen molar-refractivity contribution in [2.45, 2.75) is 20.8 Å². The summed E-state index contributed by atoms with van der Waals surface area (Å²) in [7, 11) is 0. The number of carbonyl (C=O) groups excluding carboxylic acids is 1. The Morgan fingerprint density at radius 2 is 1.81 bits per heavy atom. The van der Waals surface area contributed by atoms with Gasteiger partial charge in [-0.3, -0.25) is 4.79 Å². The Bertz CT molecular complexity index is 794. The first kappa shape index (κ1) is 13.8. The van der Waals surface area contributed by atoms with Crippen molar-refractivity contribution in [3.63, 3.8) is 0 Å². The zero-order chi connectivity index (χ0) is 15.1. The van der Waals surface area contributed by atoms with Crippen LogP contribution in [0.3, 0.4) is 0 Å². The fourth-order valence-corrected chi connectivity index (χ4v) is 2.69. The Balaban J connectivity index is 2.22. The molecule has 1 N–H and O–H groups in total. The highest BCUT2D eigenvalue weighted by Gasteiger charge is 2.29. The zero-order valence-electron chi connectivity index (χ0n) is 12.1. The molecule has 0 radical (unpaired) electrons. The van der Waals surface area contributed by atoms with Crippen LogP contribution in [0.5, 0.6) is 0 Å². The standard InChI is InChI=1S/C17H15ClN2O/c1-9-5-4-6-13(11(9)3)19-16-14-12(18)8-7-10(2)15(14)20-17(16)21/h4-8H,1-3H3,(H,19,20,21). The Morgan fingerprint density at radius 3 is 2.57 bits per heavy atom. The third-order valence-corrected chi connectivity index (χ3v) is 4.18. The van der Waals surface area contributed by atoms with E-state index in [4.69, 9.17) is 11.6 Å². The predicted molar refractivity (Wildman–Crippen MR) is 86.9 cm³/mol. The molecule has 0 atom stereocenters. The molecule has 2 aromatic carbocycles. The van der Waals surface area contributed by atoms with E-state index in [1.807, 2.05) is 45.0 Å². The number of benzene rings is 2. The summed E-state index contributed by atoms with van der Waals surface area (Å²) in [6.45, 7) is 5.97. The van der Waals surface area contributed by atoms with Crippen molar-refractivity contribution in [3.8, 4) is 0 Å². The van der Waals surface area contributed by atoms with E-state index in [2.05, 4.69) is 10.3 Å². The third-order valence-electron chi connectivity index (χ3n) is 3.86. The quantitative estimate of drug-likeness (QED) is 0.836. The molecule has 0 saturated heterocycles. The van der Waals surface area contributed by atoms with Crippen LogP contribution >= 0.6 is 11.6 Å². The van der Waals surface area contributed by atoms with Gasteiger partial charge in [0.05, 0.1) is 16.4 Å². The summed E-state index contributed by atoms with van der Waals surface area (Å²) in [5.74, 6) is -0.206. The van der Waals surface area contributed by atoms with E-state index >= 15 is 0 Å². The minimum Gasteiger partial charge on any atom is -0.320 e. The molecular weight excluding hydrogens is 284 g/mol. The normalized spacial score (nSPS) is 15.2. The predicted octanol–water partition coefficient (Wildman–Crippen LogP) is 4.34. The van der Waals surface area contributed by atoms with Crippen LogP contribution in [0.2, 0.25) is 5.02 Å². The number of hydrogen-bond acceptors (Lipinski definition) is 2. The molecule has 1 aliphatic rings. The molecule has 3 nitrogen and oxygen atoms in total. The number of rotatable bonds is 1. The highest BCUT2D eigenvalue weighted by atomic mass is 35.5. The number of hydrogen-bond donors (Lipinski definition) is 1. The van der Waals surface area contributed by atoms with Crippen molar-refractivity contribution >= 4 is 34.6 Å².